The lowest BCUT2D eigenvalue weighted by Crippen LogP contribution is -2.01. The fraction of sp³-hybridized carbons (Fsp3) is 0.125. The molecule has 1 nitrogen and oxygen atoms in total. The number of benzene rings is 2. The van der Waals surface area contributed by atoms with Crippen LogP contribution in [0.25, 0.3) is 10.1 Å². The molecule has 0 aliphatic rings. The van der Waals surface area contributed by atoms with Crippen LogP contribution in [0.1, 0.15) is 22.8 Å². The van der Waals surface area contributed by atoms with Gasteiger partial charge in [0.2, 0.25) is 0 Å². The van der Waals surface area contributed by atoms with Crippen molar-refractivity contribution < 1.29 is 5.11 Å². The smallest absolute Gasteiger partial charge is 0.106 e. The number of aliphatic hydroxyl groups excluding tert-OH is 1. The van der Waals surface area contributed by atoms with Crippen molar-refractivity contribution in [2.75, 3.05) is 0 Å². The van der Waals surface area contributed by atoms with Crippen LogP contribution in [0.4, 0.5) is 0 Å². The number of aliphatic hydroxyl groups is 1. The van der Waals surface area contributed by atoms with E-state index in [1.807, 2.05) is 43.3 Å². The van der Waals surface area contributed by atoms with E-state index < -0.39 is 6.10 Å². The molecule has 3 rings (SSSR count). The highest BCUT2D eigenvalue weighted by Crippen LogP contribution is 2.33. The van der Waals surface area contributed by atoms with Crippen molar-refractivity contribution in [1.82, 2.24) is 0 Å². The Morgan fingerprint density at radius 3 is 2.56 bits per heavy atom. The third-order valence-corrected chi connectivity index (χ3v) is 4.27. The Hall–Kier alpha value is -1.64. The molecule has 0 spiro atoms. The van der Waals surface area contributed by atoms with E-state index in [0.717, 1.165) is 16.7 Å². The summed E-state index contributed by atoms with van der Waals surface area (Å²) in [6.45, 7) is 2.03. The first-order valence-electron chi connectivity index (χ1n) is 5.97. The molecule has 18 heavy (non-hydrogen) atoms. The maximum absolute atomic E-state index is 10.6. The van der Waals surface area contributed by atoms with Crippen LogP contribution in [0.3, 0.4) is 0 Å². The third-order valence-electron chi connectivity index (χ3n) is 3.29. The average Bonchev–Trinajstić information content (AvgIpc) is 2.86. The quantitative estimate of drug-likeness (QED) is 0.723. The molecule has 3 aromatic rings. The first-order valence-corrected chi connectivity index (χ1v) is 6.85. The summed E-state index contributed by atoms with van der Waals surface area (Å²) in [5.74, 6) is 0. The first kappa shape index (κ1) is 11.5. The van der Waals surface area contributed by atoms with Crippen molar-refractivity contribution in [3.8, 4) is 0 Å². The van der Waals surface area contributed by atoms with Gasteiger partial charge in [-0.3, -0.25) is 0 Å². The number of rotatable bonds is 2. The van der Waals surface area contributed by atoms with E-state index in [1.54, 1.807) is 11.3 Å². The van der Waals surface area contributed by atoms with Gasteiger partial charge in [0, 0.05) is 10.3 Å². The SMILES string of the molecule is Cc1ccccc1C(O)c1cccc2ccsc12. The van der Waals surface area contributed by atoms with Crippen LogP contribution in [0.5, 0.6) is 0 Å². The van der Waals surface area contributed by atoms with Crippen molar-refractivity contribution >= 4 is 21.4 Å². The van der Waals surface area contributed by atoms with Gasteiger partial charge in [0.05, 0.1) is 0 Å². The minimum atomic E-state index is -0.548. The number of thiophene rings is 1. The fourth-order valence-electron chi connectivity index (χ4n) is 2.29. The molecule has 1 unspecified atom stereocenters. The van der Waals surface area contributed by atoms with E-state index in [4.69, 9.17) is 0 Å². The highest BCUT2D eigenvalue weighted by atomic mass is 32.1. The molecule has 0 aliphatic carbocycles. The molecule has 0 radical (unpaired) electrons. The molecule has 1 atom stereocenters. The van der Waals surface area contributed by atoms with E-state index in [9.17, 15) is 5.11 Å². The Morgan fingerprint density at radius 2 is 1.72 bits per heavy atom. The van der Waals surface area contributed by atoms with Crippen molar-refractivity contribution in [2.45, 2.75) is 13.0 Å². The minimum Gasteiger partial charge on any atom is -0.384 e. The molecule has 0 bridgehead atoms. The normalized spacial score (nSPS) is 12.8. The highest BCUT2D eigenvalue weighted by molar-refractivity contribution is 7.17. The summed E-state index contributed by atoms with van der Waals surface area (Å²) >= 11 is 1.68. The van der Waals surface area contributed by atoms with E-state index in [2.05, 4.69) is 17.5 Å². The zero-order valence-corrected chi connectivity index (χ0v) is 10.9. The molecule has 1 N–H and O–H groups in total. The van der Waals surface area contributed by atoms with Crippen molar-refractivity contribution in [1.29, 1.82) is 0 Å². The maximum Gasteiger partial charge on any atom is 0.106 e. The second kappa shape index (κ2) is 4.56. The minimum absolute atomic E-state index is 0.548. The summed E-state index contributed by atoms with van der Waals surface area (Å²) in [5.41, 5.74) is 3.11. The number of hydrogen-bond acceptors (Lipinski definition) is 2. The predicted molar refractivity (Wildman–Crippen MR) is 77.1 cm³/mol. The molecule has 2 aromatic carbocycles. The Bertz CT molecular complexity index is 684. The molecular formula is C16H14OS. The topological polar surface area (TPSA) is 20.2 Å². The molecular weight excluding hydrogens is 240 g/mol. The molecule has 90 valence electrons. The van der Waals surface area contributed by atoms with Gasteiger partial charge < -0.3 is 5.11 Å². The molecule has 2 heteroatoms. The van der Waals surface area contributed by atoms with Crippen LogP contribution in [-0.4, -0.2) is 5.11 Å². The van der Waals surface area contributed by atoms with Crippen LogP contribution in [0, 0.1) is 6.92 Å². The lowest BCUT2D eigenvalue weighted by atomic mass is 9.97. The van der Waals surface area contributed by atoms with Gasteiger partial charge in [-0.1, -0.05) is 42.5 Å². The summed E-state index contributed by atoms with van der Waals surface area (Å²) in [6, 6.07) is 16.2. The van der Waals surface area contributed by atoms with E-state index in [0.29, 0.717) is 0 Å². The van der Waals surface area contributed by atoms with Gasteiger partial charge in [-0.15, -0.1) is 11.3 Å². The largest absolute Gasteiger partial charge is 0.384 e. The van der Waals surface area contributed by atoms with Gasteiger partial charge in [-0.2, -0.15) is 0 Å². The van der Waals surface area contributed by atoms with Crippen LogP contribution in [0.15, 0.2) is 53.9 Å². The van der Waals surface area contributed by atoms with Crippen molar-refractivity contribution in [3.05, 3.63) is 70.6 Å². The van der Waals surface area contributed by atoms with Gasteiger partial charge in [0.15, 0.2) is 0 Å². The zero-order chi connectivity index (χ0) is 12.5. The molecule has 0 aliphatic heterocycles. The van der Waals surface area contributed by atoms with Gasteiger partial charge in [-0.25, -0.2) is 0 Å². The molecule has 1 aromatic heterocycles. The molecule has 0 saturated carbocycles. The van der Waals surface area contributed by atoms with Crippen LogP contribution < -0.4 is 0 Å². The highest BCUT2D eigenvalue weighted by Gasteiger charge is 2.15. The predicted octanol–water partition coefficient (Wildman–Crippen LogP) is 4.29. The summed E-state index contributed by atoms with van der Waals surface area (Å²) in [7, 11) is 0. The number of aryl methyl sites for hydroxylation is 1. The second-order valence-electron chi connectivity index (χ2n) is 4.45. The van der Waals surface area contributed by atoms with Gasteiger partial charge in [0.1, 0.15) is 6.10 Å². The first-order chi connectivity index (χ1) is 8.77. The Labute approximate surface area is 110 Å². The monoisotopic (exact) mass is 254 g/mol. The van der Waals surface area contributed by atoms with Crippen LogP contribution >= 0.6 is 11.3 Å². The lowest BCUT2D eigenvalue weighted by Gasteiger charge is -2.14. The summed E-state index contributed by atoms with van der Waals surface area (Å²) in [4.78, 5) is 0. The third kappa shape index (κ3) is 1.84. The molecule has 1 heterocycles. The van der Waals surface area contributed by atoms with Gasteiger partial charge >= 0.3 is 0 Å². The maximum atomic E-state index is 10.6. The van der Waals surface area contributed by atoms with Crippen LogP contribution in [0.2, 0.25) is 0 Å². The number of fused-ring (bicyclic) bond motifs is 1. The Balaban J connectivity index is 2.15. The Morgan fingerprint density at radius 1 is 0.944 bits per heavy atom. The van der Waals surface area contributed by atoms with Gasteiger partial charge in [0.25, 0.3) is 0 Å². The van der Waals surface area contributed by atoms with E-state index >= 15 is 0 Å². The Kier molecular flexibility index (Phi) is 2.90. The van der Waals surface area contributed by atoms with Crippen molar-refractivity contribution in [3.63, 3.8) is 0 Å². The molecule has 0 saturated heterocycles. The fourth-order valence-corrected chi connectivity index (χ4v) is 3.23. The van der Waals surface area contributed by atoms with Gasteiger partial charge in [-0.05, 0) is 34.9 Å². The molecule has 0 amide bonds. The molecule has 0 fully saturated rings. The second-order valence-corrected chi connectivity index (χ2v) is 5.36. The lowest BCUT2D eigenvalue weighted by molar-refractivity contribution is 0.221. The van der Waals surface area contributed by atoms with Crippen LogP contribution in [-0.2, 0) is 0 Å². The van der Waals surface area contributed by atoms with E-state index in [1.165, 1.54) is 10.1 Å². The zero-order valence-electron chi connectivity index (χ0n) is 10.1. The standard InChI is InChI=1S/C16H14OS/c1-11-5-2-3-7-13(11)15(17)14-8-4-6-12-9-10-18-16(12)14/h2-10,15,17H,1H3. The number of hydrogen-bond donors (Lipinski definition) is 1. The van der Waals surface area contributed by atoms with Crippen molar-refractivity contribution in [2.24, 2.45) is 0 Å². The summed E-state index contributed by atoms with van der Waals surface area (Å²) in [5, 5.41) is 13.9. The average molecular weight is 254 g/mol. The van der Waals surface area contributed by atoms with E-state index in [-0.39, 0.29) is 0 Å². The summed E-state index contributed by atoms with van der Waals surface area (Å²) in [6.07, 6.45) is -0.548. The summed E-state index contributed by atoms with van der Waals surface area (Å²) < 4.78 is 1.17.